The molecule has 1 amide bonds. The van der Waals surface area contributed by atoms with Crippen LogP contribution in [0, 0.1) is 5.82 Å². The topological polar surface area (TPSA) is 98.1 Å². The molecule has 0 aliphatic carbocycles. The van der Waals surface area contributed by atoms with E-state index in [9.17, 15) is 17.6 Å². The lowest BCUT2D eigenvalue weighted by molar-refractivity contribution is 0.0956. The van der Waals surface area contributed by atoms with Crippen LogP contribution in [0.4, 0.5) is 10.1 Å². The molecule has 0 bridgehead atoms. The molecule has 8 nitrogen and oxygen atoms in total. The van der Waals surface area contributed by atoms with Crippen LogP contribution in [0.2, 0.25) is 0 Å². The van der Waals surface area contributed by atoms with Gasteiger partial charge in [0.25, 0.3) is 10.0 Å². The minimum Gasteiger partial charge on any atom is -0.492 e. The molecule has 1 fully saturated rings. The van der Waals surface area contributed by atoms with Crippen LogP contribution >= 0.6 is 0 Å². The Morgan fingerprint density at radius 1 is 1.09 bits per heavy atom. The molecule has 0 unspecified atom stereocenters. The third-order valence-electron chi connectivity index (χ3n) is 5.38. The molecule has 4 rings (SSSR count). The largest absolute Gasteiger partial charge is 0.492 e. The normalized spacial score (nSPS) is 13.6. The molecule has 1 aliphatic rings. The van der Waals surface area contributed by atoms with Gasteiger partial charge in [0.15, 0.2) is 10.7 Å². The zero-order valence-corrected chi connectivity index (χ0v) is 19.9. The summed E-state index contributed by atoms with van der Waals surface area (Å²) >= 11 is 0. The van der Waals surface area contributed by atoms with E-state index in [1.807, 2.05) is 23.5 Å². The molecule has 3 aromatic rings. The predicted molar refractivity (Wildman–Crippen MR) is 126 cm³/mol. The second-order valence-corrected chi connectivity index (χ2v) is 9.62. The molecule has 1 saturated heterocycles. The molecule has 34 heavy (non-hydrogen) atoms. The Hall–Kier alpha value is -3.27. The summed E-state index contributed by atoms with van der Waals surface area (Å²) in [5.74, 6) is -1.73. The maximum absolute atomic E-state index is 14.6. The fourth-order valence-electron chi connectivity index (χ4n) is 3.59. The minimum atomic E-state index is -4.41. The lowest BCUT2D eigenvalue weighted by Gasteiger charge is -2.33. The van der Waals surface area contributed by atoms with Crippen LogP contribution in [0.3, 0.4) is 0 Å². The molecule has 1 aliphatic heterocycles. The van der Waals surface area contributed by atoms with Gasteiger partial charge in [0.05, 0.1) is 18.6 Å². The van der Waals surface area contributed by atoms with Crippen molar-refractivity contribution >= 4 is 32.6 Å². The van der Waals surface area contributed by atoms with Gasteiger partial charge in [0.1, 0.15) is 22.9 Å². The second-order valence-electron chi connectivity index (χ2n) is 8.01. The van der Waals surface area contributed by atoms with Crippen molar-refractivity contribution in [3.63, 3.8) is 0 Å². The SMILES string of the molecule is CCCOc1cccc(OCCC)c1S(=O)(=O)NC(=O)c1cc2c(F)cc(N3CCC3)cc2o1. The van der Waals surface area contributed by atoms with Crippen molar-refractivity contribution in [2.75, 3.05) is 31.2 Å². The number of hydrogen-bond acceptors (Lipinski definition) is 7. The number of furan rings is 1. The average molecular weight is 491 g/mol. The highest BCUT2D eigenvalue weighted by atomic mass is 32.2. The minimum absolute atomic E-state index is 0.0746. The van der Waals surface area contributed by atoms with Crippen LogP contribution in [-0.2, 0) is 10.0 Å². The van der Waals surface area contributed by atoms with E-state index in [2.05, 4.69) is 0 Å². The van der Waals surface area contributed by atoms with Crippen LogP contribution in [0.5, 0.6) is 11.5 Å². The second kappa shape index (κ2) is 9.92. The zero-order valence-electron chi connectivity index (χ0n) is 19.1. The maximum atomic E-state index is 14.6. The Bertz CT molecular complexity index is 1270. The number of carbonyl (C=O) groups is 1. The van der Waals surface area contributed by atoms with Gasteiger partial charge in [-0.05, 0) is 37.5 Å². The van der Waals surface area contributed by atoms with Crippen molar-refractivity contribution < 1.29 is 31.5 Å². The van der Waals surface area contributed by atoms with Gasteiger partial charge in [-0.25, -0.2) is 17.5 Å². The summed E-state index contributed by atoms with van der Waals surface area (Å²) in [6.45, 7) is 5.99. The molecule has 10 heteroatoms. The van der Waals surface area contributed by atoms with E-state index in [1.54, 1.807) is 12.1 Å². The molecule has 0 atom stereocenters. The highest BCUT2D eigenvalue weighted by Gasteiger charge is 2.29. The quantitative estimate of drug-likeness (QED) is 0.447. The number of anilines is 1. The first-order valence-electron chi connectivity index (χ1n) is 11.3. The number of hydrogen-bond donors (Lipinski definition) is 1. The number of halogens is 1. The lowest BCUT2D eigenvalue weighted by Crippen LogP contribution is -2.36. The van der Waals surface area contributed by atoms with Gasteiger partial charge < -0.3 is 18.8 Å². The first-order valence-corrected chi connectivity index (χ1v) is 12.8. The predicted octanol–water partition coefficient (Wildman–Crippen LogP) is 4.48. The summed E-state index contributed by atoms with van der Waals surface area (Å²) in [5, 5.41) is 0.102. The molecule has 1 aromatic heterocycles. The smallest absolute Gasteiger partial charge is 0.300 e. The van der Waals surface area contributed by atoms with Crippen LogP contribution in [0.1, 0.15) is 43.7 Å². The number of rotatable bonds is 10. The van der Waals surface area contributed by atoms with Crippen molar-refractivity contribution in [1.29, 1.82) is 0 Å². The van der Waals surface area contributed by atoms with E-state index < -0.39 is 21.7 Å². The van der Waals surface area contributed by atoms with Gasteiger partial charge >= 0.3 is 5.91 Å². The van der Waals surface area contributed by atoms with E-state index >= 15 is 0 Å². The number of nitrogens with one attached hydrogen (secondary N) is 1. The lowest BCUT2D eigenvalue weighted by atomic mass is 10.1. The van der Waals surface area contributed by atoms with Gasteiger partial charge in [0.2, 0.25) is 0 Å². The molecule has 182 valence electrons. The summed E-state index contributed by atoms with van der Waals surface area (Å²) in [4.78, 5) is 14.6. The van der Waals surface area contributed by atoms with Crippen molar-refractivity contribution in [2.24, 2.45) is 0 Å². The Kier molecular flexibility index (Phi) is 6.97. The summed E-state index contributed by atoms with van der Waals surface area (Å²) in [7, 11) is -4.41. The van der Waals surface area contributed by atoms with Gasteiger partial charge in [-0.15, -0.1) is 0 Å². The van der Waals surface area contributed by atoms with E-state index in [4.69, 9.17) is 13.9 Å². The molecule has 0 spiro atoms. The summed E-state index contributed by atoms with van der Waals surface area (Å²) in [6.07, 6.45) is 2.35. The molecule has 2 aromatic carbocycles. The van der Waals surface area contributed by atoms with Crippen LogP contribution in [0.25, 0.3) is 11.0 Å². The van der Waals surface area contributed by atoms with Gasteiger partial charge in [0, 0.05) is 30.9 Å². The van der Waals surface area contributed by atoms with Crippen LogP contribution in [-0.4, -0.2) is 40.6 Å². The molecular weight excluding hydrogens is 463 g/mol. The molecule has 0 saturated carbocycles. The fourth-order valence-corrected chi connectivity index (χ4v) is 4.82. The van der Waals surface area contributed by atoms with Gasteiger partial charge in [-0.1, -0.05) is 19.9 Å². The van der Waals surface area contributed by atoms with Crippen molar-refractivity contribution in [3.8, 4) is 11.5 Å². The monoisotopic (exact) mass is 490 g/mol. The molecular formula is C24H27FN2O6S. The Morgan fingerprint density at radius 2 is 1.74 bits per heavy atom. The zero-order chi connectivity index (χ0) is 24.3. The number of fused-ring (bicyclic) bond motifs is 1. The third-order valence-corrected chi connectivity index (χ3v) is 6.77. The fraction of sp³-hybridized carbons (Fsp3) is 0.375. The maximum Gasteiger partial charge on any atom is 0.300 e. The first-order chi connectivity index (χ1) is 16.3. The van der Waals surface area contributed by atoms with E-state index in [1.165, 1.54) is 24.3 Å². The van der Waals surface area contributed by atoms with Crippen molar-refractivity contribution in [1.82, 2.24) is 4.72 Å². The summed E-state index contributed by atoms with van der Waals surface area (Å²) < 4.78 is 59.9. The number of nitrogens with zero attached hydrogens (tertiary/aromatic N) is 1. The number of benzene rings is 2. The van der Waals surface area contributed by atoms with E-state index in [0.717, 1.165) is 19.5 Å². The Labute approximate surface area is 197 Å². The molecule has 2 heterocycles. The number of carbonyl (C=O) groups excluding carboxylic acids is 1. The van der Waals surface area contributed by atoms with Gasteiger partial charge in [-0.3, -0.25) is 4.79 Å². The standard InChI is InChI=1S/C24H27FN2O6S/c1-3-11-31-19-7-5-8-20(32-12-4-2)23(19)34(29,30)26-24(28)22-15-17-18(25)13-16(14-21(17)33-22)27-9-6-10-27/h5,7-8,13-15H,3-4,6,9-12H2,1-2H3,(H,26,28). The highest BCUT2D eigenvalue weighted by Crippen LogP contribution is 2.34. The molecule has 1 N–H and O–H groups in total. The van der Waals surface area contributed by atoms with Crippen LogP contribution in [0.15, 0.2) is 45.7 Å². The summed E-state index contributed by atoms with van der Waals surface area (Å²) in [5.41, 5.74) is 0.827. The first kappa shape index (κ1) is 23.9. The number of sulfonamides is 1. The number of ether oxygens (including phenoxy) is 2. The van der Waals surface area contributed by atoms with E-state index in [-0.39, 0.29) is 46.3 Å². The summed E-state index contributed by atoms with van der Waals surface area (Å²) in [6, 6.07) is 8.85. The average Bonchev–Trinajstić information content (AvgIpc) is 3.20. The van der Waals surface area contributed by atoms with Crippen molar-refractivity contribution in [2.45, 2.75) is 38.0 Å². The Balaban J connectivity index is 1.65. The van der Waals surface area contributed by atoms with E-state index in [0.29, 0.717) is 18.5 Å². The van der Waals surface area contributed by atoms with Crippen LogP contribution < -0.4 is 19.1 Å². The number of amides is 1. The Morgan fingerprint density at radius 3 is 2.29 bits per heavy atom. The third kappa shape index (κ3) is 4.82. The van der Waals surface area contributed by atoms with Crippen molar-refractivity contribution in [3.05, 3.63) is 48.0 Å². The highest BCUT2D eigenvalue weighted by molar-refractivity contribution is 7.90. The molecule has 0 radical (unpaired) electrons. The van der Waals surface area contributed by atoms with Gasteiger partial charge in [-0.2, -0.15) is 0 Å².